The van der Waals surface area contributed by atoms with Crippen LogP contribution in [0.1, 0.15) is 66.7 Å². The van der Waals surface area contributed by atoms with Crippen LogP contribution in [0.15, 0.2) is 22.8 Å². The fourth-order valence-corrected chi connectivity index (χ4v) is 9.28. The molecule has 32 heavy (non-hydrogen) atoms. The number of fused-ring (bicyclic) bond motifs is 10. The van der Waals surface area contributed by atoms with Crippen LogP contribution in [0.2, 0.25) is 0 Å². The molecule has 4 heteroatoms. The Morgan fingerprint density at radius 2 is 1.97 bits per heavy atom. The van der Waals surface area contributed by atoms with Gasteiger partial charge in [-0.3, -0.25) is 4.79 Å². The summed E-state index contributed by atoms with van der Waals surface area (Å²) in [4.78, 5) is 24.3. The highest BCUT2D eigenvalue weighted by atomic mass is 16.5. The van der Waals surface area contributed by atoms with E-state index >= 15 is 0 Å². The molecule has 9 atom stereocenters. The molecule has 0 heterocycles. The maximum atomic E-state index is 12.4. The monoisotopic (exact) mass is 434 g/mol. The van der Waals surface area contributed by atoms with Crippen LogP contribution in [0.3, 0.4) is 0 Å². The molecule has 0 radical (unpaired) electrons. The van der Waals surface area contributed by atoms with Crippen molar-refractivity contribution < 1.29 is 19.4 Å². The zero-order valence-corrected chi connectivity index (χ0v) is 19.9. The number of allylic oxidation sites excluding steroid dienone is 3. The van der Waals surface area contributed by atoms with Gasteiger partial charge in [0.1, 0.15) is 5.60 Å². The lowest BCUT2D eigenvalue weighted by Gasteiger charge is -2.61. The van der Waals surface area contributed by atoms with E-state index in [1.807, 2.05) is 6.08 Å². The molecule has 0 spiro atoms. The van der Waals surface area contributed by atoms with E-state index in [9.17, 15) is 14.7 Å². The summed E-state index contributed by atoms with van der Waals surface area (Å²) in [6, 6.07) is 0. The van der Waals surface area contributed by atoms with Crippen molar-refractivity contribution in [3.05, 3.63) is 22.8 Å². The Morgan fingerprint density at radius 1 is 1.22 bits per heavy atom. The van der Waals surface area contributed by atoms with E-state index in [1.165, 1.54) is 16.7 Å². The number of aliphatic hydroxyl groups is 1. The molecule has 170 valence electrons. The van der Waals surface area contributed by atoms with Crippen molar-refractivity contribution in [2.45, 2.75) is 72.3 Å². The second-order valence-electron chi connectivity index (χ2n) is 12.0. The van der Waals surface area contributed by atoms with E-state index in [0.29, 0.717) is 36.7 Å². The van der Waals surface area contributed by atoms with Gasteiger partial charge in [0.2, 0.25) is 0 Å². The molecule has 0 saturated heterocycles. The summed E-state index contributed by atoms with van der Waals surface area (Å²) in [5.74, 6) is 7.43. The highest BCUT2D eigenvalue weighted by molar-refractivity contribution is 5.93. The third-order valence-electron chi connectivity index (χ3n) is 11.0. The molecule has 0 bridgehead atoms. The lowest BCUT2D eigenvalue weighted by atomic mass is 9.42. The maximum Gasteiger partial charge on any atom is 0.384 e. The molecule has 6 aliphatic carbocycles. The highest BCUT2D eigenvalue weighted by Crippen LogP contribution is 2.83. The Labute approximate surface area is 190 Å². The molecular weight excluding hydrogens is 400 g/mol. The van der Waals surface area contributed by atoms with Crippen molar-refractivity contribution in [2.75, 3.05) is 6.61 Å². The third kappa shape index (κ3) is 2.15. The van der Waals surface area contributed by atoms with Crippen molar-refractivity contribution in [1.82, 2.24) is 0 Å². The highest BCUT2D eigenvalue weighted by Gasteiger charge is 2.80. The van der Waals surface area contributed by atoms with Gasteiger partial charge in [-0.2, -0.15) is 0 Å². The predicted molar refractivity (Wildman–Crippen MR) is 120 cm³/mol. The number of ketones is 1. The topological polar surface area (TPSA) is 63.6 Å². The van der Waals surface area contributed by atoms with E-state index in [1.54, 1.807) is 6.92 Å². The lowest BCUT2D eigenvalue weighted by molar-refractivity contribution is -0.137. The van der Waals surface area contributed by atoms with Crippen molar-refractivity contribution in [1.29, 1.82) is 0 Å². The average molecular weight is 435 g/mol. The average Bonchev–Trinajstić information content (AvgIpc) is 3.62. The Morgan fingerprint density at radius 3 is 2.69 bits per heavy atom. The van der Waals surface area contributed by atoms with Gasteiger partial charge >= 0.3 is 5.97 Å². The summed E-state index contributed by atoms with van der Waals surface area (Å²) in [7, 11) is 0. The number of carbonyl (C=O) groups excluding carboxylic acids is 2. The molecule has 4 saturated carbocycles. The Hall–Kier alpha value is -1.86. The lowest BCUT2D eigenvalue weighted by Crippen LogP contribution is -2.58. The second kappa shape index (κ2) is 5.98. The molecule has 9 unspecified atom stereocenters. The Bertz CT molecular complexity index is 1090. The summed E-state index contributed by atoms with van der Waals surface area (Å²) in [6.07, 6.45) is 6.51. The van der Waals surface area contributed by atoms with Crippen LogP contribution in [-0.2, 0) is 14.3 Å². The number of carbonyl (C=O) groups is 2. The van der Waals surface area contributed by atoms with Gasteiger partial charge in [0, 0.05) is 29.1 Å². The SMILES string of the molecule is CCOC(=O)C#CC1(O)C2CC2C2C3C(CCC21C)C1(C)CCC(=O)C=C1C1=C(C)C13C. The van der Waals surface area contributed by atoms with Crippen molar-refractivity contribution in [3.8, 4) is 11.8 Å². The second-order valence-corrected chi connectivity index (χ2v) is 12.0. The van der Waals surface area contributed by atoms with Gasteiger partial charge in [0.15, 0.2) is 5.78 Å². The van der Waals surface area contributed by atoms with Crippen LogP contribution in [0, 0.1) is 57.7 Å². The van der Waals surface area contributed by atoms with Crippen LogP contribution in [0.5, 0.6) is 0 Å². The van der Waals surface area contributed by atoms with Crippen molar-refractivity contribution in [3.63, 3.8) is 0 Å². The number of ether oxygens (including phenoxy) is 1. The standard InChI is InChI=1S/C28H34O4/c1-6-32-21(30)9-12-28(31)19-14-17(19)23-24-18(8-11-26(23,28)4)25(3)10-7-16(29)13-20(25)22-15(2)27(22,24)5/h13,17-19,23-24,31H,6-8,10-11,14H2,1-5H3. The first kappa shape index (κ1) is 20.7. The van der Waals surface area contributed by atoms with Crippen LogP contribution in [0.4, 0.5) is 0 Å². The first-order valence-corrected chi connectivity index (χ1v) is 12.4. The summed E-state index contributed by atoms with van der Waals surface area (Å²) >= 11 is 0. The van der Waals surface area contributed by atoms with E-state index in [2.05, 4.69) is 39.5 Å². The predicted octanol–water partition coefficient (Wildman–Crippen LogP) is 4.23. The maximum absolute atomic E-state index is 12.4. The minimum absolute atomic E-state index is 0.0347. The third-order valence-corrected chi connectivity index (χ3v) is 11.0. The molecule has 6 rings (SSSR count). The van der Waals surface area contributed by atoms with Crippen molar-refractivity contribution >= 4 is 11.8 Å². The van der Waals surface area contributed by atoms with E-state index in [0.717, 1.165) is 25.7 Å². The van der Waals surface area contributed by atoms with Crippen LogP contribution in [0.25, 0.3) is 0 Å². The summed E-state index contributed by atoms with van der Waals surface area (Å²) in [5, 5.41) is 12.0. The quantitative estimate of drug-likeness (QED) is 0.381. The van der Waals surface area contributed by atoms with Crippen molar-refractivity contribution in [2.24, 2.45) is 45.8 Å². The van der Waals surface area contributed by atoms with Gasteiger partial charge in [-0.05, 0) is 85.8 Å². The van der Waals surface area contributed by atoms with Gasteiger partial charge in [-0.15, -0.1) is 0 Å². The largest absolute Gasteiger partial charge is 0.456 e. The fraction of sp³-hybridized carbons (Fsp3) is 0.714. The number of esters is 1. The normalized spacial score (nSPS) is 51.8. The molecule has 4 nitrogen and oxygen atoms in total. The fourth-order valence-electron chi connectivity index (χ4n) is 9.28. The zero-order valence-electron chi connectivity index (χ0n) is 19.9. The molecule has 0 aromatic heterocycles. The minimum atomic E-state index is -1.13. The Balaban J connectivity index is 1.44. The summed E-state index contributed by atoms with van der Waals surface area (Å²) < 4.78 is 5.02. The van der Waals surface area contributed by atoms with Gasteiger partial charge in [-0.25, -0.2) is 4.79 Å². The zero-order chi connectivity index (χ0) is 22.8. The molecule has 0 aliphatic heterocycles. The number of rotatable bonds is 1. The van der Waals surface area contributed by atoms with Crippen LogP contribution >= 0.6 is 0 Å². The summed E-state index contributed by atoms with van der Waals surface area (Å²) in [6.45, 7) is 11.4. The van der Waals surface area contributed by atoms with Gasteiger partial charge in [0.25, 0.3) is 0 Å². The molecule has 4 fully saturated rings. The van der Waals surface area contributed by atoms with E-state index < -0.39 is 11.6 Å². The molecule has 0 aromatic rings. The number of hydrogen-bond acceptors (Lipinski definition) is 4. The smallest absolute Gasteiger partial charge is 0.384 e. The molecular formula is C28H34O4. The van der Waals surface area contributed by atoms with E-state index in [4.69, 9.17) is 4.74 Å². The first-order chi connectivity index (χ1) is 15.0. The molecule has 0 amide bonds. The summed E-state index contributed by atoms with van der Waals surface area (Å²) in [5.41, 5.74) is 2.84. The van der Waals surface area contributed by atoms with Gasteiger partial charge < -0.3 is 9.84 Å². The van der Waals surface area contributed by atoms with Gasteiger partial charge in [0.05, 0.1) is 6.61 Å². The van der Waals surface area contributed by atoms with E-state index in [-0.39, 0.29) is 27.9 Å². The molecule has 0 aromatic carbocycles. The number of hydrogen-bond donors (Lipinski definition) is 1. The van der Waals surface area contributed by atoms with Crippen LogP contribution < -0.4 is 0 Å². The molecule has 6 aliphatic rings. The first-order valence-electron chi connectivity index (χ1n) is 12.4. The Kier molecular flexibility index (Phi) is 3.87. The van der Waals surface area contributed by atoms with Crippen LogP contribution in [-0.4, -0.2) is 29.1 Å². The molecule has 1 N–H and O–H groups in total. The van der Waals surface area contributed by atoms with Gasteiger partial charge in [-0.1, -0.05) is 32.3 Å². The minimum Gasteiger partial charge on any atom is -0.456 e.